The summed E-state index contributed by atoms with van der Waals surface area (Å²) in [5.74, 6) is -0.257. The highest BCUT2D eigenvalue weighted by molar-refractivity contribution is 6.08. The van der Waals surface area contributed by atoms with Crippen LogP contribution in [0.2, 0.25) is 0 Å². The molecule has 0 saturated heterocycles. The van der Waals surface area contributed by atoms with E-state index in [1.165, 1.54) is 150 Å². The molecule has 24 aromatic rings. The van der Waals surface area contributed by atoms with E-state index in [0.29, 0.717) is 11.4 Å². The van der Waals surface area contributed by atoms with Crippen LogP contribution in [0, 0.1) is 26.6 Å². The van der Waals surface area contributed by atoms with Gasteiger partial charge < -0.3 is 14.7 Å². The number of nitrogens with zero attached hydrogens (tertiary/aromatic N) is 3. The quantitative estimate of drug-likeness (QED) is 0.0799. The second-order valence-electron chi connectivity index (χ2n) is 35.8. The van der Waals surface area contributed by atoms with Gasteiger partial charge in [0.05, 0.1) is 12.5 Å². The number of halogens is 1. The molecule has 0 bridgehead atoms. The molecule has 0 aliphatic rings. The van der Waals surface area contributed by atoms with Gasteiger partial charge in [-0.25, -0.2) is 4.39 Å². The van der Waals surface area contributed by atoms with Crippen LogP contribution >= 0.6 is 0 Å². The molecule has 0 amide bonds. The normalized spacial score (nSPS) is 11.6. The molecule has 4 heteroatoms. The SMILES string of the molecule is Fc1ccc(N(c2ccc(-c3ccc4c(-c5ccccc5)cccc4c3)cc2)c2ccc(-c3ccc4c(-c5ccccc5)cccc4c3)cc2)cc1.[2H]c1c([2H])c([2H])c(N(c2ccc(-c3ccc4c(-c5ccccc5)cccc4c3)cc2)c2ccc(-c3c(C)cc(C)cc3C)cc2)c([2H])c1[2H].c1ccc(-c2cccc3cc(-c4ccc(N(c5ccccc5)c5ccc(-c6ccccc6)c6ccccc56)cc4)ccc23)cc1. The van der Waals surface area contributed by atoms with Gasteiger partial charge in [0, 0.05) is 50.9 Å². The average molecular weight is 1810 g/mol. The van der Waals surface area contributed by atoms with E-state index in [1.807, 2.05) is 66.7 Å². The van der Waals surface area contributed by atoms with Crippen LogP contribution in [-0.2, 0) is 0 Å². The van der Waals surface area contributed by atoms with E-state index >= 15 is 0 Å². The van der Waals surface area contributed by atoms with Crippen molar-refractivity contribution in [3.8, 4) is 111 Å². The van der Waals surface area contributed by atoms with Crippen molar-refractivity contribution in [1.82, 2.24) is 0 Å². The maximum absolute atomic E-state index is 14.1. The van der Waals surface area contributed by atoms with Crippen molar-refractivity contribution in [2.75, 3.05) is 14.7 Å². The fraction of sp³-hybridized carbons (Fsp3) is 0.0219. The predicted molar refractivity (Wildman–Crippen MR) is 599 cm³/mol. The minimum atomic E-state index is -0.415. The monoisotopic (exact) mass is 1810 g/mol. The van der Waals surface area contributed by atoms with Gasteiger partial charge in [0.1, 0.15) is 5.82 Å². The lowest BCUT2D eigenvalue weighted by Crippen LogP contribution is -2.10. The minimum Gasteiger partial charge on any atom is -0.311 e. The molecule has 0 aliphatic heterocycles. The average Bonchev–Trinajstić information content (AvgIpc) is 0.751. The Morgan fingerprint density at radius 1 is 0.177 bits per heavy atom. The molecular formula is C137H100FN3. The highest BCUT2D eigenvalue weighted by Crippen LogP contribution is 2.47. The highest BCUT2D eigenvalue weighted by atomic mass is 19.1. The molecule has 0 saturated carbocycles. The summed E-state index contributed by atoms with van der Waals surface area (Å²) in [6, 6.07) is 181. The lowest BCUT2D eigenvalue weighted by molar-refractivity contribution is 0.628. The highest BCUT2D eigenvalue weighted by Gasteiger charge is 2.22. The van der Waals surface area contributed by atoms with Gasteiger partial charge >= 0.3 is 0 Å². The van der Waals surface area contributed by atoms with Crippen LogP contribution in [0.4, 0.5) is 55.6 Å². The number of hydrogen-bond acceptors (Lipinski definition) is 3. The van der Waals surface area contributed by atoms with Gasteiger partial charge in [0.2, 0.25) is 0 Å². The van der Waals surface area contributed by atoms with E-state index < -0.39 is 6.04 Å². The second-order valence-corrected chi connectivity index (χ2v) is 35.8. The largest absolute Gasteiger partial charge is 0.311 e. The minimum absolute atomic E-state index is 0.105. The Hall–Kier alpha value is -18.1. The first-order valence-corrected chi connectivity index (χ1v) is 47.9. The lowest BCUT2D eigenvalue weighted by Gasteiger charge is -2.27. The van der Waals surface area contributed by atoms with E-state index in [9.17, 15) is 4.39 Å². The summed E-state index contributed by atoms with van der Waals surface area (Å²) in [6.07, 6.45) is 0. The molecule has 0 spiro atoms. The lowest BCUT2D eigenvalue weighted by atomic mass is 9.93. The second kappa shape index (κ2) is 40.1. The Bertz CT molecular complexity index is 8670. The number of aryl methyl sites for hydroxylation is 3. The first kappa shape index (κ1) is 82.4. The van der Waals surface area contributed by atoms with Crippen molar-refractivity contribution < 1.29 is 11.2 Å². The van der Waals surface area contributed by atoms with Gasteiger partial charge in [0.15, 0.2) is 0 Å². The van der Waals surface area contributed by atoms with Gasteiger partial charge in [0.25, 0.3) is 0 Å². The van der Waals surface area contributed by atoms with Gasteiger partial charge in [-0.05, 0) is 331 Å². The molecule has 24 rings (SSSR count). The van der Waals surface area contributed by atoms with Crippen LogP contribution in [0.5, 0.6) is 0 Å². The molecule has 0 aliphatic carbocycles. The van der Waals surface area contributed by atoms with Crippen LogP contribution in [0.3, 0.4) is 0 Å². The zero-order chi connectivity index (χ0) is 99.3. The van der Waals surface area contributed by atoms with E-state index in [-0.39, 0.29) is 35.7 Å². The Kier molecular flexibility index (Phi) is 23.4. The standard InChI is InChI=1S/C50H34FN.C44H31N.C43H35N/c51-43-23-29-46(30-24-43)52(44-25-17-35(18-26-44)39-21-31-49-41(33-39)13-7-15-47(49)37-9-3-1-4-10-37)45-27-19-36(20-28-45)40-22-32-50-42(34-40)14-8-16-48(50)38-11-5-2-6-12-38;1-4-13-33(14-5-1)39-22-12-17-36-31-35(25-28-41(36)39)32-23-26-38(27-24-32)45(37-18-8-3-9-19-37)44-30-29-40(34-15-6-2-7-16-34)42-20-10-11-21-43(42)44;1-30-27-31(2)43(32(3)28-30)35-19-24-40(25-20-35)44(38-14-8-5-9-15-38)39-22-17-33(18-23-39)36-21-26-42-37(29-36)13-10-16-41(42)34-11-6-4-7-12-34/h1-34H;1-31H;4-29H,1-3H3/i;;5D,8D,9D,14D,15D. The number of fused-ring (bicyclic) bond motifs is 5. The van der Waals surface area contributed by atoms with Gasteiger partial charge in [-0.3, -0.25) is 0 Å². The van der Waals surface area contributed by atoms with E-state index in [1.54, 1.807) is 4.90 Å². The summed E-state index contributed by atoms with van der Waals surface area (Å²) in [7, 11) is 0. The molecule has 24 aromatic carbocycles. The number of para-hydroxylation sites is 2. The van der Waals surface area contributed by atoms with Crippen LogP contribution in [0.1, 0.15) is 23.5 Å². The maximum Gasteiger partial charge on any atom is 0.123 e. The maximum atomic E-state index is 14.1. The summed E-state index contributed by atoms with van der Waals surface area (Å²) in [5.41, 5.74) is 34.9. The first-order chi connectivity index (χ1) is 71.6. The van der Waals surface area contributed by atoms with Crippen LogP contribution in [0.25, 0.3) is 165 Å². The summed E-state index contributed by atoms with van der Waals surface area (Å²) in [5, 5.41) is 12.2. The molecule has 670 valence electrons. The Labute approximate surface area is 831 Å². The number of rotatable bonds is 19. The van der Waals surface area contributed by atoms with Crippen molar-refractivity contribution in [2.45, 2.75) is 20.8 Å². The van der Waals surface area contributed by atoms with Crippen LogP contribution in [0.15, 0.2) is 552 Å². The summed E-state index contributed by atoms with van der Waals surface area (Å²) in [6.45, 7) is 6.32. The topological polar surface area (TPSA) is 9.72 Å². The van der Waals surface area contributed by atoms with E-state index in [4.69, 9.17) is 6.85 Å². The van der Waals surface area contributed by atoms with Crippen LogP contribution < -0.4 is 14.7 Å². The smallest absolute Gasteiger partial charge is 0.123 e. The predicted octanol–water partition coefficient (Wildman–Crippen LogP) is 39.0. The Morgan fingerprint density at radius 3 is 0.773 bits per heavy atom. The molecule has 0 radical (unpaired) electrons. The van der Waals surface area contributed by atoms with E-state index in [0.717, 1.165) is 78.5 Å². The number of benzene rings is 24. The fourth-order valence-corrected chi connectivity index (χ4v) is 20.1. The van der Waals surface area contributed by atoms with Crippen molar-refractivity contribution in [1.29, 1.82) is 0 Å². The van der Waals surface area contributed by atoms with Gasteiger partial charge in [-0.1, -0.05) is 418 Å². The van der Waals surface area contributed by atoms with Crippen molar-refractivity contribution in [2.24, 2.45) is 0 Å². The van der Waals surface area contributed by atoms with E-state index in [2.05, 4.69) is 473 Å². The third-order valence-electron chi connectivity index (χ3n) is 26.8. The molecule has 0 unspecified atom stereocenters. The molecule has 0 aromatic heterocycles. The van der Waals surface area contributed by atoms with Gasteiger partial charge in [-0.15, -0.1) is 0 Å². The molecule has 141 heavy (non-hydrogen) atoms. The zero-order valence-electron chi connectivity index (χ0n) is 83.4. The third kappa shape index (κ3) is 18.7. The third-order valence-corrected chi connectivity index (χ3v) is 26.8. The molecule has 0 heterocycles. The Morgan fingerprint density at radius 2 is 0.440 bits per heavy atom. The molecule has 3 nitrogen and oxygen atoms in total. The van der Waals surface area contributed by atoms with Crippen molar-refractivity contribution in [3.05, 3.63) is 574 Å². The molecular weight excluding hydrogens is 1710 g/mol. The molecule has 0 N–H and O–H groups in total. The number of hydrogen-bond donors (Lipinski definition) is 0. The summed E-state index contributed by atoms with van der Waals surface area (Å²) < 4.78 is 56.8. The summed E-state index contributed by atoms with van der Waals surface area (Å²) in [4.78, 5) is 6.30. The van der Waals surface area contributed by atoms with Crippen LogP contribution in [-0.4, -0.2) is 0 Å². The van der Waals surface area contributed by atoms with Crippen molar-refractivity contribution in [3.63, 3.8) is 0 Å². The van der Waals surface area contributed by atoms with Gasteiger partial charge in [-0.2, -0.15) is 0 Å². The first-order valence-electron chi connectivity index (χ1n) is 50.4. The Balaban J connectivity index is 0.000000125. The zero-order valence-corrected chi connectivity index (χ0v) is 78.4. The summed E-state index contributed by atoms with van der Waals surface area (Å²) >= 11 is 0. The van der Waals surface area contributed by atoms with Crippen molar-refractivity contribution >= 4 is 105 Å². The number of anilines is 9. The fourth-order valence-electron chi connectivity index (χ4n) is 20.1. The molecule has 0 atom stereocenters. The molecule has 0 fully saturated rings.